The maximum atomic E-state index is 13.3. The summed E-state index contributed by atoms with van der Waals surface area (Å²) in [5.41, 5.74) is 1.36. The Morgan fingerprint density at radius 1 is 0.944 bits per heavy atom. The van der Waals surface area contributed by atoms with Crippen LogP contribution in [0.25, 0.3) is 0 Å². The molecule has 2 heterocycles. The van der Waals surface area contributed by atoms with Crippen molar-refractivity contribution in [3.05, 3.63) is 59.7 Å². The number of rotatable bonds is 10. The first-order valence-corrected chi connectivity index (χ1v) is 12.9. The standard InChI is InChI=1S/C28H35N3O5/c1-2-35-25-18-22(13-14-24(25)36-20-27(33)30-15-7-4-8-16-30)28(34)29-23(21-10-5-3-6-11-21)19-31-17-9-12-26(31)32/h3,5-6,10-11,13-14,18,23H,2,4,7-9,12,15-17,19-20H2,1H3,(H,29,34). The van der Waals surface area contributed by atoms with Crippen molar-refractivity contribution in [1.29, 1.82) is 0 Å². The zero-order valence-electron chi connectivity index (χ0n) is 20.9. The fraction of sp³-hybridized carbons (Fsp3) is 0.464. The number of carbonyl (C=O) groups is 3. The van der Waals surface area contributed by atoms with Crippen LogP contribution in [-0.2, 0) is 9.59 Å². The number of carbonyl (C=O) groups excluding carboxylic acids is 3. The van der Waals surface area contributed by atoms with Crippen LogP contribution >= 0.6 is 0 Å². The first-order chi connectivity index (χ1) is 17.5. The Labute approximate surface area is 212 Å². The number of likely N-dealkylation sites (tertiary alicyclic amines) is 2. The molecule has 4 rings (SSSR count). The lowest BCUT2D eigenvalue weighted by Crippen LogP contribution is -2.38. The highest BCUT2D eigenvalue weighted by atomic mass is 16.5. The van der Waals surface area contributed by atoms with Gasteiger partial charge in [0.1, 0.15) is 0 Å². The van der Waals surface area contributed by atoms with Crippen LogP contribution in [0.5, 0.6) is 11.5 Å². The number of amides is 3. The van der Waals surface area contributed by atoms with Crippen molar-refractivity contribution in [3.63, 3.8) is 0 Å². The van der Waals surface area contributed by atoms with Crippen LogP contribution in [0.1, 0.15) is 61.0 Å². The summed E-state index contributed by atoms with van der Waals surface area (Å²) in [6.07, 6.45) is 4.59. The summed E-state index contributed by atoms with van der Waals surface area (Å²) >= 11 is 0. The van der Waals surface area contributed by atoms with Crippen molar-refractivity contribution < 1.29 is 23.9 Å². The van der Waals surface area contributed by atoms with Gasteiger partial charge in [-0.2, -0.15) is 0 Å². The van der Waals surface area contributed by atoms with E-state index in [0.29, 0.717) is 43.2 Å². The number of nitrogens with one attached hydrogen (secondary N) is 1. The topological polar surface area (TPSA) is 88.2 Å². The first kappa shape index (κ1) is 25.5. The van der Waals surface area contributed by atoms with Crippen molar-refractivity contribution in [3.8, 4) is 11.5 Å². The van der Waals surface area contributed by atoms with E-state index in [2.05, 4.69) is 5.32 Å². The van der Waals surface area contributed by atoms with E-state index in [4.69, 9.17) is 9.47 Å². The summed E-state index contributed by atoms with van der Waals surface area (Å²) in [4.78, 5) is 41.6. The Balaban J connectivity index is 1.45. The highest BCUT2D eigenvalue weighted by molar-refractivity contribution is 5.95. The van der Waals surface area contributed by atoms with Crippen molar-refractivity contribution in [2.45, 2.75) is 45.1 Å². The Morgan fingerprint density at radius 2 is 1.72 bits per heavy atom. The van der Waals surface area contributed by atoms with E-state index in [-0.39, 0.29) is 30.4 Å². The van der Waals surface area contributed by atoms with Crippen LogP contribution in [0.15, 0.2) is 48.5 Å². The maximum Gasteiger partial charge on any atom is 0.260 e. The molecule has 192 valence electrons. The van der Waals surface area contributed by atoms with E-state index < -0.39 is 0 Å². The lowest BCUT2D eigenvalue weighted by atomic mass is 10.1. The second-order valence-electron chi connectivity index (χ2n) is 9.20. The molecule has 0 saturated carbocycles. The molecule has 1 N–H and O–H groups in total. The summed E-state index contributed by atoms with van der Waals surface area (Å²) in [5, 5.41) is 3.09. The average Bonchev–Trinajstić information content (AvgIpc) is 3.32. The SMILES string of the molecule is CCOc1cc(C(=O)NC(CN2CCCC2=O)c2ccccc2)ccc1OCC(=O)N1CCCCC1. The number of benzene rings is 2. The highest BCUT2D eigenvalue weighted by Gasteiger charge is 2.26. The van der Waals surface area contributed by atoms with Gasteiger partial charge in [-0.25, -0.2) is 0 Å². The summed E-state index contributed by atoms with van der Waals surface area (Å²) in [6.45, 7) is 4.85. The molecule has 1 atom stereocenters. The zero-order valence-corrected chi connectivity index (χ0v) is 20.9. The van der Waals surface area contributed by atoms with Gasteiger partial charge >= 0.3 is 0 Å². The first-order valence-electron chi connectivity index (χ1n) is 12.9. The van der Waals surface area contributed by atoms with Gasteiger partial charge in [-0.1, -0.05) is 30.3 Å². The highest BCUT2D eigenvalue weighted by Crippen LogP contribution is 2.29. The van der Waals surface area contributed by atoms with Crippen molar-refractivity contribution in [2.75, 3.05) is 39.4 Å². The molecule has 2 fully saturated rings. The third kappa shape index (κ3) is 6.56. The minimum atomic E-state index is -0.339. The molecule has 0 radical (unpaired) electrons. The Kier molecular flexibility index (Phi) is 8.81. The number of ether oxygens (including phenoxy) is 2. The number of hydrogen-bond acceptors (Lipinski definition) is 5. The smallest absolute Gasteiger partial charge is 0.260 e. The lowest BCUT2D eigenvalue weighted by molar-refractivity contribution is -0.134. The predicted molar refractivity (Wildman–Crippen MR) is 136 cm³/mol. The van der Waals surface area contributed by atoms with Gasteiger partial charge in [-0.3, -0.25) is 14.4 Å². The molecule has 0 bridgehead atoms. The molecule has 2 aliphatic heterocycles. The lowest BCUT2D eigenvalue weighted by Gasteiger charge is -2.26. The van der Waals surface area contributed by atoms with Crippen LogP contribution in [-0.4, -0.2) is 66.9 Å². The van der Waals surface area contributed by atoms with Gasteiger partial charge in [-0.05, 0) is 56.4 Å². The van der Waals surface area contributed by atoms with E-state index in [9.17, 15) is 14.4 Å². The van der Waals surface area contributed by atoms with Crippen LogP contribution in [0, 0.1) is 0 Å². The normalized spacial score (nSPS) is 16.5. The van der Waals surface area contributed by atoms with E-state index in [1.54, 1.807) is 23.1 Å². The Bertz CT molecular complexity index is 1050. The molecule has 8 heteroatoms. The second kappa shape index (κ2) is 12.4. The molecule has 8 nitrogen and oxygen atoms in total. The van der Waals surface area contributed by atoms with E-state index in [0.717, 1.165) is 44.3 Å². The van der Waals surface area contributed by atoms with Gasteiger partial charge in [0.25, 0.3) is 11.8 Å². The summed E-state index contributed by atoms with van der Waals surface area (Å²) in [7, 11) is 0. The Morgan fingerprint density at radius 3 is 2.42 bits per heavy atom. The molecule has 2 saturated heterocycles. The minimum absolute atomic E-state index is 0.0406. The van der Waals surface area contributed by atoms with Gasteiger partial charge in [0.2, 0.25) is 5.91 Å². The molecule has 36 heavy (non-hydrogen) atoms. The molecule has 3 amide bonds. The van der Waals surface area contributed by atoms with Crippen molar-refractivity contribution in [2.24, 2.45) is 0 Å². The fourth-order valence-corrected chi connectivity index (χ4v) is 4.69. The van der Waals surface area contributed by atoms with Crippen molar-refractivity contribution in [1.82, 2.24) is 15.1 Å². The number of hydrogen-bond donors (Lipinski definition) is 1. The average molecular weight is 494 g/mol. The van der Waals surface area contributed by atoms with E-state index in [1.807, 2.05) is 42.2 Å². The summed E-state index contributed by atoms with van der Waals surface area (Å²) < 4.78 is 11.5. The third-order valence-corrected chi connectivity index (χ3v) is 6.65. The van der Waals surface area contributed by atoms with E-state index in [1.165, 1.54) is 0 Å². The quantitative estimate of drug-likeness (QED) is 0.547. The maximum absolute atomic E-state index is 13.3. The third-order valence-electron chi connectivity index (χ3n) is 6.65. The molecule has 2 aromatic carbocycles. The molecule has 0 aliphatic carbocycles. The van der Waals surface area contributed by atoms with Crippen LogP contribution in [0.4, 0.5) is 0 Å². The molecule has 0 aromatic heterocycles. The minimum Gasteiger partial charge on any atom is -0.490 e. The van der Waals surface area contributed by atoms with Crippen LogP contribution in [0.2, 0.25) is 0 Å². The van der Waals surface area contributed by atoms with E-state index >= 15 is 0 Å². The van der Waals surface area contributed by atoms with Gasteiger partial charge in [-0.15, -0.1) is 0 Å². The zero-order chi connectivity index (χ0) is 25.3. The van der Waals surface area contributed by atoms with Gasteiger partial charge in [0, 0.05) is 38.2 Å². The largest absolute Gasteiger partial charge is 0.490 e. The van der Waals surface area contributed by atoms with Crippen LogP contribution in [0.3, 0.4) is 0 Å². The number of nitrogens with zero attached hydrogens (tertiary/aromatic N) is 2. The molecule has 2 aliphatic rings. The molecule has 2 aromatic rings. The molecular weight excluding hydrogens is 458 g/mol. The number of piperidine rings is 1. The van der Waals surface area contributed by atoms with Gasteiger partial charge < -0.3 is 24.6 Å². The van der Waals surface area contributed by atoms with Crippen molar-refractivity contribution >= 4 is 17.7 Å². The summed E-state index contributed by atoms with van der Waals surface area (Å²) in [6, 6.07) is 14.3. The monoisotopic (exact) mass is 493 g/mol. The second-order valence-corrected chi connectivity index (χ2v) is 9.20. The molecule has 1 unspecified atom stereocenters. The predicted octanol–water partition coefficient (Wildman–Crippen LogP) is 3.57. The van der Waals surface area contributed by atoms with Gasteiger partial charge in [0.15, 0.2) is 18.1 Å². The molecule has 0 spiro atoms. The van der Waals surface area contributed by atoms with Gasteiger partial charge in [0.05, 0.1) is 12.6 Å². The fourth-order valence-electron chi connectivity index (χ4n) is 4.69. The Hall–Kier alpha value is -3.55. The van der Waals surface area contributed by atoms with Crippen LogP contribution < -0.4 is 14.8 Å². The summed E-state index contributed by atoms with van der Waals surface area (Å²) in [5.74, 6) is 0.654. The molecular formula is C28H35N3O5.